The third-order valence-corrected chi connectivity index (χ3v) is 2.67. The Labute approximate surface area is 78.8 Å². The number of hydrogen-bond donors (Lipinski definition) is 1. The van der Waals surface area contributed by atoms with Crippen LogP contribution in [0.5, 0.6) is 0 Å². The van der Waals surface area contributed by atoms with Gasteiger partial charge in [0.2, 0.25) is 0 Å². The van der Waals surface area contributed by atoms with Crippen LogP contribution in [0.25, 0.3) is 0 Å². The van der Waals surface area contributed by atoms with Crippen LogP contribution in [0.15, 0.2) is 30.3 Å². The lowest BCUT2D eigenvalue weighted by Gasteiger charge is -2.17. The number of nitrogens with zero attached hydrogens (tertiary/aromatic N) is 1. The number of para-hydroxylation sites is 1. The third kappa shape index (κ3) is 1.83. The molecular formula is C11H15NO. The summed E-state index contributed by atoms with van der Waals surface area (Å²) in [7, 11) is 0. The minimum atomic E-state index is 0.323. The lowest BCUT2D eigenvalue weighted by molar-refractivity contribution is 0.238. The highest BCUT2D eigenvalue weighted by Crippen LogP contribution is 2.22. The molecule has 0 radical (unpaired) electrons. The van der Waals surface area contributed by atoms with E-state index in [0.717, 1.165) is 19.5 Å². The van der Waals surface area contributed by atoms with Crippen molar-refractivity contribution in [2.75, 3.05) is 24.6 Å². The molecule has 0 bridgehead atoms. The molecule has 1 aromatic rings. The summed E-state index contributed by atoms with van der Waals surface area (Å²) in [6.07, 6.45) is 1.12. The molecule has 1 aliphatic heterocycles. The highest BCUT2D eigenvalue weighted by molar-refractivity contribution is 5.46. The molecule has 1 aliphatic rings. The summed E-state index contributed by atoms with van der Waals surface area (Å²) in [6, 6.07) is 10.4. The van der Waals surface area contributed by atoms with Crippen molar-refractivity contribution >= 4 is 5.69 Å². The van der Waals surface area contributed by atoms with E-state index in [1.807, 2.05) is 6.07 Å². The summed E-state index contributed by atoms with van der Waals surface area (Å²) in [5.41, 5.74) is 1.28. The summed E-state index contributed by atoms with van der Waals surface area (Å²) >= 11 is 0. The van der Waals surface area contributed by atoms with Gasteiger partial charge in [0.15, 0.2) is 0 Å². The molecule has 1 heterocycles. The van der Waals surface area contributed by atoms with Gasteiger partial charge in [0, 0.05) is 31.3 Å². The van der Waals surface area contributed by atoms with Crippen molar-refractivity contribution < 1.29 is 5.11 Å². The van der Waals surface area contributed by atoms with E-state index in [1.54, 1.807) is 0 Å². The van der Waals surface area contributed by atoms with Crippen molar-refractivity contribution in [1.82, 2.24) is 0 Å². The Morgan fingerprint density at radius 2 is 2.08 bits per heavy atom. The van der Waals surface area contributed by atoms with Gasteiger partial charge in [-0.15, -0.1) is 0 Å². The molecule has 0 unspecified atom stereocenters. The molecule has 0 aliphatic carbocycles. The second kappa shape index (κ2) is 3.79. The van der Waals surface area contributed by atoms with Crippen molar-refractivity contribution in [3.8, 4) is 0 Å². The van der Waals surface area contributed by atoms with Gasteiger partial charge in [-0.3, -0.25) is 0 Å². The van der Waals surface area contributed by atoms with Gasteiger partial charge in [0.1, 0.15) is 0 Å². The Bertz CT molecular complexity index is 260. The fourth-order valence-electron chi connectivity index (χ4n) is 1.86. The van der Waals surface area contributed by atoms with Gasteiger partial charge in [-0.1, -0.05) is 18.2 Å². The average molecular weight is 177 g/mol. The largest absolute Gasteiger partial charge is 0.396 e. The maximum atomic E-state index is 9.00. The normalized spacial score (nSPS) is 22.2. The van der Waals surface area contributed by atoms with E-state index in [4.69, 9.17) is 5.11 Å². The maximum absolute atomic E-state index is 9.00. The van der Waals surface area contributed by atoms with E-state index >= 15 is 0 Å². The summed E-state index contributed by atoms with van der Waals surface area (Å²) < 4.78 is 0. The molecule has 70 valence electrons. The van der Waals surface area contributed by atoms with Crippen LogP contribution in [0.1, 0.15) is 6.42 Å². The van der Waals surface area contributed by atoms with Crippen LogP contribution < -0.4 is 4.90 Å². The number of benzene rings is 1. The average Bonchev–Trinajstić information content (AvgIpc) is 2.67. The zero-order valence-electron chi connectivity index (χ0n) is 7.69. The van der Waals surface area contributed by atoms with Crippen molar-refractivity contribution in [2.45, 2.75) is 6.42 Å². The second-order valence-corrected chi connectivity index (χ2v) is 3.62. The van der Waals surface area contributed by atoms with Gasteiger partial charge in [-0.05, 0) is 18.6 Å². The number of hydrogen-bond acceptors (Lipinski definition) is 2. The Morgan fingerprint density at radius 3 is 2.69 bits per heavy atom. The van der Waals surface area contributed by atoms with Crippen LogP contribution in [-0.2, 0) is 0 Å². The lowest BCUT2D eigenvalue weighted by Crippen LogP contribution is -2.20. The van der Waals surface area contributed by atoms with Gasteiger partial charge in [0.25, 0.3) is 0 Å². The van der Waals surface area contributed by atoms with Crippen LogP contribution in [0.2, 0.25) is 0 Å². The molecule has 1 atom stereocenters. The zero-order valence-corrected chi connectivity index (χ0v) is 7.69. The number of anilines is 1. The van der Waals surface area contributed by atoms with Crippen LogP contribution in [0, 0.1) is 5.92 Å². The Morgan fingerprint density at radius 1 is 1.31 bits per heavy atom. The van der Waals surface area contributed by atoms with Gasteiger partial charge in [0.05, 0.1) is 0 Å². The minimum absolute atomic E-state index is 0.323. The van der Waals surface area contributed by atoms with E-state index in [0.29, 0.717) is 12.5 Å². The molecule has 2 heteroatoms. The highest BCUT2D eigenvalue weighted by atomic mass is 16.3. The molecule has 0 saturated carbocycles. The van der Waals surface area contributed by atoms with Crippen LogP contribution in [0.3, 0.4) is 0 Å². The van der Waals surface area contributed by atoms with Crippen LogP contribution in [0.4, 0.5) is 5.69 Å². The minimum Gasteiger partial charge on any atom is -0.396 e. The molecule has 0 spiro atoms. The lowest BCUT2D eigenvalue weighted by atomic mass is 10.1. The molecule has 0 amide bonds. The molecule has 1 aromatic carbocycles. The first-order valence-electron chi connectivity index (χ1n) is 4.81. The quantitative estimate of drug-likeness (QED) is 0.740. The molecule has 1 saturated heterocycles. The molecule has 13 heavy (non-hydrogen) atoms. The fourth-order valence-corrected chi connectivity index (χ4v) is 1.86. The van der Waals surface area contributed by atoms with E-state index in [-0.39, 0.29) is 0 Å². The van der Waals surface area contributed by atoms with Gasteiger partial charge < -0.3 is 10.0 Å². The Hall–Kier alpha value is -1.02. The molecule has 1 fully saturated rings. The fraction of sp³-hybridized carbons (Fsp3) is 0.455. The second-order valence-electron chi connectivity index (χ2n) is 3.62. The topological polar surface area (TPSA) is 23.5 Å². The van der Waals surface area contributed by atoms with E-state index < -0.39 is 0 Å². The predicted molar refractivity (Wildman–Crippen MR) is 53.8 cm³/mol. The first-order chi connectivity index (χ1) is 6.40. The first kappa shape index (κ1) is 8.57. The van der Waals surface area contributed by atoms with E-state index in [2.05, 4.69) is 29.2 Å². The predicted octanol–water partition coefficient (Wildman–Crippen LogP) is 1.51. The van der Waals surface area contributed by atoms with Crippen molar-refractivity contribution in [3.63, 3.8) is 0 Å². The van der Waals surface area contributed by atoms with Crippen LogP contribution in [-0.4, -0.2) is 24.8 Å². The maximum Gasteiger partial charge on any atom is 0.0476 e. The Balaban J connectivity index is 2.04. The standard InChI is InChI=1S/C11H15NO/c13-9-10-6-7-12(8-10)11-4-2-1-3-5-11/h1-5,10,13H,6-9H2/t10-/m1/s1. The summed E-state index contributed by atoms with van der Waals surface area (Å²) in [4.78, 5) is 2.33. The molecular weight excluding hydrogens is 162 g/mol. The number of aliphatic hydroxyl groups excluding tert-OH is 1. The first-order valence-corrected chi connectivity index (χ1v) is 4.81. The van der Waals surface area contributed by atoms with Crippen molar-refractivity contribution in [2.24, 2.45) is 5.92 Å². The SMILES string of the molecule is OC[C@@H]1CCN(c2ccccc2)C1. The van der Waals surface area contributed by atoms with E-state index in [1.165, 1.54) is 5.69 Å². The van der Waals surface area contributed by atoms with Crippen molar-refractivity contribution in [1.29, 1.82) is 0 Å². The highest BCUT2D eigenvalue weighted by Gasteiger charge is 2.21. The van der Waals surface area contributed by atoms with Gasteiger partial charge >= 0.3 is 0 Å². The number of rotatable bonds is 2. The third-order valence-electron chi connectivity index (χ3n) is 2.67. The summed E-state index contributed by atoms with van der Waals surface area (Å²) in [5.74, 6) is 0.472. The Kier molecular flexibility index (Phi) is 2.50. The number of aliphatic hydroxyl groups is 1. The molecule has 2 rings (SSSR count). The van der Waals surface area contributed by atoms with Gasteiger partial charge in [-0.25, -0.2) is 0 Å². The summed E-state index contributed by atoms with van der Waals surface area (Å²) in [6.45, 7) is 2.40. The molecule has 2 nitrogen and oxygen atoms in total. The molecule has 1 N–H and O–H groups in total. The van der Waals surface area contributed by atoms with E-state index in [9.17, 15) is 0 Å². The summed E-state index contributed by atoms with van der Waals surface area (Å²) in [5, 5.41) is 9.00. The molecule has 0 aromatic heterocycles. The zero-order chi connectivity index (χ0) is 9.10. The smallest absolute Gasteiger partial charge is 0.0476 e. The van der Waals surface area contributed by atoms with Crippen LogP contribution >= 0.6 is 0 Å². The van der Waals surface area contributed by atoms with Crippen molar-refractivity contribution in [3.05, 3.63) is 30.3 Å². The van der Waals surface area contributed by atoms with Gasteiger partial charge in [-0.2, -0.15) is 0 Å². The monoisotopic (exact) mass is 177 g/mol.